The SMILES string of the molecule is O=C(Nc1ccc(F)cc1OCC(F)(F)F)c1ccc(OCc2cscn2)cc1. The molecule has 0 radical (unpaired) electrons. The number of benzene rings is 2. The Bertz CT molecular complexity index is 961. The molecule has 0 unspecified atom stereocenters. The fraction of sp³-hybridized carbons (Fsp3) is 0.158. The Morgan fingerprint density at radius 2 is 1.86 bits per heavy atom. The highest BCUT2D eigenvalue weighted by Crippen LogP contribution is 2.28. The number of carbonyl (C=O) groups excluding carboxylic acids is 1. The van der Waals surface area contributed by atoms with Crippen LogP contribution < -0.4 is 14.8 Å². The highest BCUT2D eigenvalue weighted by molar-refractivity contribution is 7.07. The summed E-state index contributed by atoms with van der Waals surface area (Å²) in [6, 6.07) is 9.05. The summed E-state index contributed by atoms with van der Waals surface area (Å²) in [7, 11) is 0. The summed E-state index contributed by atoms with van der Waals surface area (Å²) >= 11 is 1.45. The van der Waals surface area contributed by atoms with Crippen LogP contribution in [0.25, 0.3) is 0 Å². The Morgan fingerprint density at radius 1 is 1.10 bits per heavy atom. The molecular weight excluding hydrogens is 412 g/mol. The lowest BCUT2D eigenvalue weighted by Crippen LogP contribution is -2.20. The van der Waals surface area contributed by atoms with E-state index in [4.69, 9.17) is 4.74 Å². The standard InChI is InChI=1S/C19H14F4N2O3S/c20-13-3-6-16(17(7-13)28-10-19(21,22)23)25-18(26)12-1-4-15(5-2-12)27-8-14-9-29-11-24-14/h1-7,9,11H,8,10H2,(H,25,26). The monoisotopic (exact) mass is 426 g/mol. The van der Waals surface area contributed by atoms with Gasteiger partial charge in [-0.05, 0) is 36.4 Å². The van der Waals surface area contributed by atoms with Crippen molar-refractivity contribution in [2.24, 2.45) is 0 Å². The summed E-state index contributed by atoms with van der Waals surface area (Å²) in [5, 5.41) is 4.27. The van der Waals surface area contributed by atoms with Gasteiger partial charge in [0.2, 0.25) is 0 Å². The first-order valence-electron chi connectivity index (χ1n) is 8.20. The first-order valence-corrected chi connectivity index (χ1v) is 9.15. The molecule has 0 aliphatic heterocycles. The number of aromatic nitrogens is 1. The first kappa shape index (κ1) is 20.6. The topological polar surface area (TPSA) is 60.5 Å². The maximum Gasteiger partial charge on any atom is 0.422 e. The van der Waals surface area contributed by atoms with Gasteiger partial charge in [-0.3, -0.25) is 4.79 Å². The highest BCUT2D eigenvalue weighted by Gasteiger charge is 2.29. The van der Waals surface area contributed by atoms with Crippen LogP contribution in [0.15, 0.2) is 53.4 Å². The number of anilines is 1. The average molecular weight is 426 g/mol. The zero-order valence-electron chi connectivity index (χ0n) is 14.7. The minimum Gasteiger partial charge on any atom is -0.487 e. The van der Waals surface area contributed by atoms with E-state index in [1.54, 1.807) is 17.6 Å². The molecule has 1 amide bonds. The molecular formula is C19H14F4N2O3S. The molecule has 10 heteroatoms. The van der Waals surface area contributed by atoms with Gasteiger partial charge in [-0.2, -0.15) is 13.2 Å². The third-order valence-corrected chi connectivity index (χ3v) is 4.21. The van der Waals surface area contributed by atoms with Crippen molar-refractivity contribution in [1.29, 1.82) is 0 Å². The fourth-order valence-electron chi connectivity index (χ4n) is 2.24. The van der Waals surface area contributed by atoms with Crippen LogP contribution in [-0.4, -0.2) is 23.7 Å². The molecule has 3 aromatic rings. The number of thiazole rings is 1. The van der Waals surface area contributed by atoms with Gasteiger partial charge in [0.25, 0.3) is 5.91 Å². The summed E-state index contributed by atoms with van der Waals surface area (Å²) in [5.41, 5.74) is 2.62. The van der Waals surface area contributed by atoms with Gasteiger partial charge in [0.1, 0.15) is 23.9 Å². The zero-order valence-corrected chi connectivity index (χ0v) is 15.5. The zero-order chi connectivity index (χ0) is 20.9. The number of alkyl halides is 3. The van der Waals surface area contributed by atoms with Crippen LogP contribution in [0.1, 0.15) is 16.1 Å². The number of amides is 1. The van der Waals surface area contributed by atoms with Gasteiger partial charge in [0.15, 0.2) is 6.61 Å². The van der Waals surface area contributed by atoms with Gasteiger partial charge in [0, 0.05) is 17.0 Å². The molecule has 1 aromatic heterocycles. The molecule has 0 fully saturated rings. The molecule has 0 saturated heterocycles. The minimum atomic E-state index is -4.60. The molecule has 1 heterocycles. The van der Waals surface area contributed by atoms with E-state index in [2.05, 4.69) is 15.0 Å². The minimum absolute atomic E-state index is 0.0792. The highest BCUT2D eigenvalue weighted by atomic mass is 32.1. The van der Waals surface area contributed by atoms with E-state index in [1.165, 1.54) is 23.5 Å². The first-order chi connectivity index (χ1) is 13.8. The molecule has 0 bridgehead atoms. The van der Waals surface area contributed by atoms with Crippen molar-refractivity contribution in [3.63, 3.8) is 0 Å². The van der Waals surface area contributed by atoms with E-state index < -0.39 is 30.3 Å². The van der Waals surface area contributed by atoms with E-state index in [9.17, 15) is 22.4 Å². The molecule has 0 aliphatic carbocycles. The van der Waals surface area contributed by atoms with Crippen molar-refractivity contribution in [3.8, 4) is 11.5 Å². The predicted molar refractivity (Wildman–Crippen MR) is 98.8 cm³/mol. The quantitative estimate of drug-likeness (QED) is 0.537. The summed E-state index contributed by atoms with van der Waals surface area (Å²) in [6.07, 6.45) is -4.60. The van der Waals surface area contributed by atoms with Crippen molar-refractivity contribution >= 4 is 22.9 Å². The third kappa shape index (κ3) is 6.18. The Labute approximate surface area is 166 Å². The maximum atomic E-state index is 13.4. The van der Waals surface area contributed by atoms with Crippen molar-refractivity contribution in [2.75, 3.05) is 11.9 Å². The molecule has 2 aromatic carbocycles. The number of hydrogen-bond acceptors (Lipinski definition) is 5. The van der Waals surface area contributed by atoms with E-state index >= 15 is 0 Å². The summed E-state index contributed by atoms with van der Waals surface area (Å²) in [5.74, 6) is -1.29. The van der Waals surface area contributed by atoms with Gasteiger partial charge in [-0.1, -0.05) is 0 Å². The lowest BCUT2D eigenvalue weighted by atomic mass is 10.2. The molecule has 0 saturated carbocycles. The lowest BCUT2D eigenvalue weighted by Gasteiger charge is -2.14. The Balaban J connectivity index is 1.65. The van der Waals surface area contributed by atoms with Crippen LogP contribution in [0.4, 0.5) is 23.2 Å². The summed E-state index contributed by atoms with van der Waals surface area (Å²) < 4.78 is 60.6. The second-order valence-corrected chi connectivity index (χ2v) is 6.51. The van der Waals surface area contributed by atoms with Crippen LogP contribution in [-0.2, 0) is 6.61 Å². The summed E-state index contributed by atoms with van der Waals surface area (Å²) in [6.45, 7) is -1.32. The maximum absolute atomic E-state index is 13.4. The Hall–Kier alpha value is -3.14. The number of nitrogens with one attached hydrogen (secondary N) is 1. The van der Waals surface area contributed by atoms with Crippen LogP contribution in [0.5, 0.6) is 11.5 Å². The van der Waals surface area contributed by atoms with E-state index in [-0.39, 0.29) is 17.9 Å². The van der Waals surface area contributed by atoms with Gasteiger partial charge < -0.3 is 14.8 Å². The number of nitrogens with zero attached hydrogens (tertiary/aromatic N) is 1. The number of hydrogen-bond donors (Lipinski definition) is 1. The molecule has 152 valence electrons. The summed E-state index contributed by atoms with van der Waals surface area (Å²) in [4.78, 5) is 16.5. The van der Waals surface area contributed by atoms with Crippen LogP contribution in [0.3, 0.4) is 0 Å². The molecule has 0 atom stereocenters. The van der Waals surface area contributed by atoms with Crippen molar-refractivity contribution < 1.29 is 31.8 Å². The van der Waals surface area contributed by atoms with Gasteiger partial charge >= 0.3 is 6.18 Å². The van der Waals surface area contributed by atoms with Crippen LogP contribution in [0, 0.1) is 5.82 Å². The second-order valence-electron chi connectivity index (χ2n) is 5.79. The van der Waals surface area contributed by atoms with Gasteiger partial charge in [-0.15, -0.1) is 11.3 Å². The number of halogens is 4. The van der Waals surface area contributed by atoms with E-state index in [0.29, 0.717) is 5.75 Å². The number of carbonyl (C=O) groups is 1. The van der Waals surface area contributed by atoms with Gasteiger partial charge in [0.05, 0.1) is 16.9 Å². The van der Waals surface area contributed by atoms with Crippen molar-refractivity contribution in [2.45, 2.75) is 12.8 Å². The predicted octanol–water partition coefficient (Wildman–Crippen LogP) is 5.05. The van der Waals surface area contributed by atoms with E-state index in [0.717, 1.165) is 23.9 Å². The third-order valence-electron chi connectivity index (χ3n) is 3.57. The largest absolute Gasteiger partial charge is 0.487 e. The van der Waals surface area contributed by atoms with E-state index in [1.807, 2.05) is 5.38 Å². The van der Waals surface area contributed by atoms with Crippen molar-refractivity contribution in [3.05, 3.63) is 70.4 Å². The Kier molecular flexibility index (Phi) is 6.32. The van der Waals surface area contributed by atoms with Gasteiger partial charge in [-0.25, -0.2) is 9.37 Å². The fourth-order valence-corrected chi connectivity index (χ4v) is 2.78. The number of rotatable bonds is 7. The molecule has 5 nitrogen and oxygen atoms in total. The molecule has 0 aliphatic rings. The van der Waals surface area contributed by atoms with Crippen LogP contribution >= 0.6 is 11.3 Å². The van der Waals surface area contributed by atoms with Crippen molar-refractivity contribution in [1.82, 2.24) is 4.98 Å². The average Bonchev–Trinajstić information content (AvgIpc) is 3.20. The molecule has 0 spiro atoms. The smallest absolute Gasteiger partial charge is 0.422 e. The molecule has 1 N–H and O–H groups in total. The molecule has 3 rings (SSSR count). The lowest BCUT2D eigenvalue weighted by molar-refractivity contribution is -0.153. The van der Waals surface area contributed by atoms with Crippen LogP contribution in [0.2, 0.25) is 0 Å². The number of ether oxygens (including phenoxy) is 2. The normalized spacial score (nSPS) is 11.2. The Morgan fingerprint density at radius 3 is 2.52 bits per heavy atom. The second kappa shape index (κ2) is 8.91. The molecule has 29 heavy (non-hydrogen) atoms.